The molecule has 3 heterocycles. The number of nitrogens with zero attached hydrogens (tertiary/aromatic N) is 4. The third kappa shape index (κ3) is 6.46. The Bertz CT molecular complexity index is 620. The Morgan fingerprint density at radius 3 is 2.88 bits per heavy atom. The van der Waals surface area contributed by atoms with Crippen molar-refractivity contribution in [3.8, 4) is 0 Å². The average Bonchev–Trinajstić information content (AvgIpc) is 3.33. The number of guanidine groups is 1. The number of hydrogen-bond acceptors (Lipinski definition) is 4. The van der Waals surface area contributed by atoms with Gasteiger partial charge < -0.3 is 20.1 Å². The zero-order valence-electron chi connectivity index (χ0n) is 15.3. The molecule has 1 fully saturated rings. The third-order valence-electron chi connectivity index (χ3n) is 4.40. The monoisotopic (exact) mass is 488 g/mol. The number of aryl methyl sites for hydroxylation is 1. The predicted octanol–water partition coefficient (Wildman–Crippen LogP) is 3.18. The van der Waals surface area contributed by atoms with Gasteiger partial charge in [0, 0.05) is 51.2 Å². The number of imidazole rings is 1. The van der Waals surface area contributed by atoms with Crippen molar-refractivity contribution in [1.82, 2.24) is 20.2 Å². The van der Waals surface area contributed by atoms with E-state index in [1.807, 2.05) is 30.1 Å². The number of nitrogens with one attached hydrogen (secondary N) is 2. The number of thiophene rings is 1. The fourth-order valence-corrected chi connectivity index (χ4v) is 3.86. The van der Waals surface area contributed by atoms with Crippen LogP contribution in [0.2, 0.25) is 0 Å². The molecular weight excluding hydrogens is 459 g/mol. The Morgan fingerprint density at radius 2 is 2.23 bits per heavy atom. The fourth-order valence-electron chi connectivity index (χ4n) is 3.07. The highest BCUT2D eigenvalue weighted by molar-refractivity contribution is 14.0. The third-order valence-corrected chi connectivity index (χ3v) is 5.33. The second-order valence-electron chi connectivity index (χ2n) is 6.27. The molecule has 2 N–H and O–H groups in total. The number of halogens is 1. The predicted molar refractivity (Wildman–Crippen MR) is 121 cm³/mol. The molecule has 0 bridgehead atoms. The Balaban J connectivity index is 0.00000243. The summed E-state index contributed by atoms with van der Waals surface area (Å²) in [7, 11) is 0. The number of rotatable bonds is 7. The number of aromatic nitrogens is 2. The van der Waals surface area contributed by atoms with Crippen molar-refractivity contribution >= 4 is 46.3 Å². The fraction of sp³-hybridized carbons (Fsp3) is 0.556. The summed E-state index contributed by atoms with van der Waals surface area (Å²) in [6, 6.07) is 4.84. The van der Waals surface area contributed by atoms with Gasteiger partial charge in [-0.25, -0.2) is 4.98 Å². The van der Waals surface area contributed by atoms with Gasteiger partial charge in [-0.2, -0.15) is 0 Å². The maximum absolute atomic E-state index is 4.73. The molecule has 0 saturated carbocycles. The van der Waals surface area contributed by atoms with Gasteiger partial charge in [0.05, 0.1) is 11.3 Å². The lowest BCUT2D eigenvalue weighted by molar-refractivity contribution is 0.462. The van der Waals surface area contributed by atoms with E-state index < -0.39 is 0 Å². The summed E-state index contributed by atoms with van der Waals surface area (Å²) in [6.07, 6.45) is 8.99. The second-order valence-corrected chi connectivity index (χ2v) is 7.20. The van der Waals surface area contributed by atoms with Crippen molar-refractivity contribution in [2.45, 2.75) is 38.8 Å². The molecule has 2 aromatic heterocycles. The van der Waals surface area contributed by atoms with Gasteiger partial charge in [0.1, 0.15) is 0 Å². The maximum atomic E-state index is 4.73. The molecule has 1 aliphatic rings. The standard InChI is InChI=1S/C18H28N6S.HI/c1-2-20-18(21-8-4-10-23-13-9-19-15-23)22-16-6-11-24(12-7-16)17-5-3-14-25-17;/h3,5,9,13-16H,2,4,6-8,10-12H2,1H3,(H2,20,21,22);1H. The molecule has 0 amide bonds. The molecule has 1 saturated heterocycles. The Hall–Kier alpha value is -1.29. The van der Waals surface area contributed by atoms with Crippen LogP contribution in [0.15, 0.2) is 41.2 Å². The highest BCUT2D eigenvalue weighted by atomic mass is 127. The Kier molecular flexibility index (Phi) is 9.24. The average molecular weight is 488 g/mol. The van der Waals surface area contributed by atoms with Gasteiger partial charge in [0.25, 0.3) is 0 Å². The highest BCUT2D eigenvalue weighted by Gasteiger charge is 2.20. The summed E-state index contributed by atoms with van der Waals surface area (Å²) in [5, 5.41) is 10.5. The topological polar surface area (TPSA) is 57.5 Å². The minimum Gasteiger partial charge on any atom is -0.363 e. The molecule has 3 rings (SSSR count). The molecule has 0 spiro atoms. The quantitative estimate of drug-likeness (QED) is 0.272. The molecule has 0 radical (unpaired) electrons. The van der Waals surface area contributed by atoms with E-state index in [9.17, 15) is 0 Å². The minimum atomic E-state index is 0. The van der Waals surface area contributed by atoms with Gasteiger partial charge in [0.15, 0.2) is 5.96 Å². The molecule has 6 nitrogen and oxygen atoms in total. The first-order chi connectivity index (χ1) is 12.3. The SMILES string of the molecule is CCNC(=NCCCn1ccnc1)NC1CCN(c2cccs2)CC1.I. The smallest absolute Gasteiger partial charge is 0.191 e. The molecule has 0 atom stereocenters. The van der Waals surface area contributed by atoms with Crippen LogP contribution in [-0.2, 0) is 6.54 Å². The lowest BCUT2D eigenvalue weighted by Gasteiger charge is -2.33. The zero-order chi connectivity index (χ0) is 17.3. The van der Waals surface area contributed by atoms with E-state index in [-0.39, 0.29) is 24.0 Å². The van der Waals surface area contributed by atoms with Crippen LogP contribution in [0.1, 0.15) is 26.2 Å². The van der Waals surface area contributed by atoms with E-state index in [0.717, 1.165) is 57.9 Å². The summed E-state index contributed by atoms with van der Waals surface area (Å²) in [5.41, 5.74) is 0. The molecule has 144 valence electrons. The van der Waals surface area contributed by atoms with E-state index in [1.165, 1.54) is 5.00 Å². The van der Waals surface area contributed by atoms with Crippen LogP contribution in [0.5, 0.6) is 0 Å². The Morgan fingerprint density at radius 1 is 1.38 bits per heavy atom. The van der Waals surface area contributed by atoms with Crippen LogP contribution in [0.3, 0.4) is 0 Å². The summed E-state index contributed by atoms with van der Waals surface area (Å²) in [6.45, 7) is 7.00. The van der Waals surface area contributed by atoms with Crippen molar-refractivity contribution in [1.29, 1.82) is 0 Å². The molecule has 0 aromatic carbocycles. The van der Waals surface area contributed by atoms with E-state index in [2.05, 4.69) is 49.5 Å². The van der Waals surface area contributed by atoms with Crippen LogP contribution in [0.25, 0.3) is 0 Å². The first-order valence-electron chi connectivity index (χ1n) is 9.14. The summed E-state index contributed by atoms with van der Waals surface area (Å²) in [4.78, 5) is 11.3. The van der Waals surface area contributed by atoms with Crippen molar-refractivity contribution in [3.63, 3.8) is 0 Å². The van der Waals surface area contributed by atoms with E-state index >= 15 is 0 Å². The van der Waals surface area contributed by atoms with Crippen molar-refractivity contribution in [2.75, 3.05) is 31.1 Å². The van der Waals surface area contributed by atoms with E-state index in [4.69, 9.17) is 4.99 Å². The molecule has 0 aliphatic carbocycles. The zero-order valence-corrected chi connectivity index (χ0v) is 18.5. The van der Waals surface area contributed by atoms with Crippen LogP contribution in [-0.4, -0.2) is 47.7 Å². The van der Waals surface area contributed by atoms with Gasteiger partial charge >= 0.3 is 0 Å². The lowest BCUT2D eigenvalue weighted by atomic mass is 10.1. The van der Waals surface area contributed by atoms with Crippen LogP contribution >= 0.6 is 35.3 Å². The normalized spacial score (nSPS) is 15.6. The first-order valence-corrected chi connectivity index (χ1v) is 10.0. The number of hydrogen-bond donors (Lipinski definition) is 2. The highest BCUT2D eigenvalue weighted by Crippen LogP contribution is 2.24. The number of anilines is 1. The van der Waals surface area contributed by atoms with Crippen molar-refractivity contribution < 1.29 is 0 Å². The molecule has 8 heteroatoms. The van der Waals surface area contributed by atoms with Crippen LogP contribution in [0, 0.1) is 0 Å². The largest absolute Gasteiger partial charge is 0.363 e. The Labute approximate surface area is 177 Å². The van der Waals surface area contributed by atoms with Crippen LogP contribution < -0.4 is 15.5 Å². The molecule has 0 unspecified atom stereocenters. The van der Waals surface area contributed by atoms with Gasteiger partial charge in [-0.05, 0) is 43.7 Å². The van der Waals surface area contributed by atoms with Gasteiger partial charge in [0.2, 0.25) is 0 Å². The van der Waals surface area contributed by atoms with Gasteiger partial charge in [-0.15, -0.1) is 35.3 Å². The van der Waals surface area contributed by atoms with E-state index in [1.54, 1.807) is 0 Å². The molecule has 26 heavy (non-hydrogen) atoms. The second kappa shape index (κ2) is 11.4. The number of aliphatic imine (C=N–C) groups is 1. The summed E-state index contributed by atoms with van der Waals surface area (Å²) < 4.78 is 2.09. The molecule has 1 aliphatic heterocycles. The van der Waals surface area contributed by atoms with Gasteiger partial charge in [-0.3, -0.25) is 4.99 Å². The minimum absolute atomic E-state index is 0. The van der Waals surface area contributed by atoms with Gasteiger partial charge in [-0.1, -0.05) is 0 Å². The summed E-state index contributed by atoms with van der Waals surface area (Å²) in [5.74, 6) is 0.947. The maximum Gasteiger partial charge on any atom is 0.191 e. The molecular formula is C18H29IN6S. The lowest BCUT2D eigenvalue weighted by Crippen LogP contribution is -2.48. The first kappa shape index (κ1) is 21.0. The molecule has 2 aromatic rings. The van der Waals surface area contributed by atoms with Crippen molar-refractivity contribution in [2.24, 2.45) is 4.99 Å². The van der Waals surface area contributed by atoms with Crippen molar-refractivity contribution in [3.05, 3.63) is 36.2 Å². The van der Waals surface area contributed by atoms with Crippen LogP contribution in [0.4, 0.5) is 5.00 Å². The summed E-state index contributed by atoms with van der Waals surface area (Å²) >= 11 is 1.83. The number of piperidine rings is 1. The van der Waals surface area contributed by atoms with E-state index in [0.29, 0.717) is 6.04 Å².